The molecule has 4 heteroatoms. The maximum absolute atomic E-state index is 9.52. The Morgan fingerprint density at radius 2 is 2.13 bits per heavy atom. The summed E-state index contributed by atoms with van der Waals surface area (Å²) in [5, 5.41) is 13.2. The number of benzene rings is 1. The SMILES string of the molecule is Cc1noc(Cc2ccc(C)c(O)c2)n1. The van der Waals surface area contributed by atoms with Crippen LogP contribution in [-0.4, -0.2) is 15.2 Å². The van der Waals surface area contributed by atoms with Gasteiger partial charge in [0, 0.05) is 0 Å². The molecular formula is C11H12N2O2. The van der Waals surface area contributed by atoms with Gasteiger partial charge < -0.3 is 9.63 Å². The van der Waals surface area contributed by atoms with Gasteiger partial charge in [0.15, 0.2) is 5.82 Å². The second-order valence-electron chi connectivity index (χ2n) is 3.53. The lowest BCUT2D eigenvalue weighted by Gasteiger charge is -2.01. The third kappa shape index (κ3) is 2.15. The highest BCUT2D eigenvalue weighted by atomic mass is 16.5. The first-order chi connectivity index (χ1) is 7.15. The minimum atomic E-state index is 0.295. The molecule has 78 valence electrons. The van der Waals surface area contributed by atoms with Crippen molar-refractivity contribution in [3.05, 3.63) is 41.0 Å². The minimum absolute atomic E-state index is 0.295. The molecule has 0 saturated carbocycles. The Balaban J connectivity index is 2.21. The lowest BCUT2D eigenvalue weighted by atomic mass is 10.1. The quantitative estimate of drug-likeness (QED) is 0.812. The van der Waals surface area contributed by atoms with Gasteiger partial charge in [0.2, 0.25) is 5.89 Å². The molecule has 0 radical (unpaired) electrons. The van der Waals surface area contributed by atoms with E-state index >= 15 is 0 Å². The topological polar surface area (TPSA) is 59.2 Å². The van der Waals surface area contributed by atoms with Crippen molar-refractivity contribution in [2.45, 2.75) is 20.3 Å². The van der Waals surface area contributed by atoms with Crippen LogP contribution in [0.5, 0.6) is 5.75 Å². The molecule has 1 aromatic heterocycles. The van der Waals surface area contributed by atoms with E-state index in [1.807, 2.05) is 19.1 Å². The normalized spacial score (nSPS) is 10.5. The summed E-state index contributed by atoms with van der Waals surface area (Å²) in [6.45, 7) is 3.63. The van der Waals surface area contributed by atoms with Crippen LogP contribution in [0.4, 0.5) is 0 Å². The summed E-state index contributed by atoms with van der Waals surface area (Å²) >= 11 is 0. The van der Waals surface area contributed by atoms with Gasteiger partial charge in [-0.3, -0.25) is 0 Å². The van der Waals surface area contributed by atoms with Gasteiger partial charge in [-0.15, -0.1) is 0 Å². The van der Waals surface area contributed by atoms with Crippen molar-refractivity contribution in [3.8, 4) is 5.75 Å². The van der Waals surface area contributed by atoms with Gasteiger partial charge >= 0.3 is 0 Å². The van der Waals surface area contributed by atoms with Crippen LogP contribution in [0.1, 0.15) is 22.8 Å². The van der Waals surface area contributed by atoms with Crippen molar-refractivity contribution in [3.63, 3.8) is 0 Å². The van der Waals surface area contributed by atoms with Gasteiger partial charge in [-0.05, 0) is 31.0 Å². The van der Waals surface area contributed by atoms with Crippen molar-refractivity contribution in [1.82, 2.24) is 10.1 Å². The van der Waals surface area contributed by atoms with Crippen molar-refractivity contribution in [1.29, 1.82) is 0 Å². The highest BCUT2D eigenvalue weighted by Gasteiger charge is 2.05. The fraction of sp³-hybridized carbons (Fsp3) is 0.273. The van der Waals surface area contributed by atoms with Crippen LogP contribution in [0.25, 0.3) is 0 Å². The summed E-state index contributed by atoms with van der Waals surface area (Å²) in [5.74, 6) is 1.49. The Hall–Kier alpha value is -1.84. The highest BCUT2D eigenvalue weighted by molar-refractivity contribution is 5.36. The molecular weight excluding hydrogens is 192 g/mol. The van der Waals surface area contributed by atoms with Crippen LogP contribution in [0, 0.1) is 13.8 Å². The molecule has 1 N–H and O–H groups in total. The van der Waals surface area contributed by atoms with Crippen LogP contribution in [0.3, 0.4) is 0 Å². The number of aromatic nitrogens is 2. The second kappa shape index (κ2) is 3.73. The zero-order chi connectivity index (χ0) is 10.8. The van der Waals surface area contributed by atoms with Crippen LogP contribution in [0.2, 0.25) is 0 Å². The predicted octanol–water partition coefficient (Wildman–Crippen LogP) is 1.98. The summed E-state index contributed by atoms with van der Waals surface area (Å²) < 4.78 is 5.00. The fourth-order valence-electron chi connectivity index (χ4n) is 1.35. The Morgan fingerprint density at radius 3 is 2.73 bits per heavy atom. The van der Waals surface area contributed by atoms with E-state index in [1.165, 1.54) is 0 Å². The molecule has 0 aliphatic rings. The third-order valence-electron chi connectivity index (χ3n) is 2.20. The van der Waals surface area contributed by atoms with E-state index in [0.717, 1.165) is 11.1 Å². The monoisotopic (exact) mass is 204 g/mol. The standard InChI is InChI=1S/C11H12N2O2/c1-7-3-4-9(5-10(7)14)6-11-12-8(2)13-15-11/h3-5,14H,6H2,1-2H3. The number of aryl methyl sites for hydroxylation is 2. The maximum atomic E-state index is 9.52. The van der Waals surface area contributed by atoms with Crippen molar-refractivity contribution < 1.29 is 9.63 Å². The third-order valence-corrected chi connectivity index (χ3v) is 2.20. The first-order valence-electron chi connectivity index (χ1n) is 4.73. The molecule has 0 aliphatic heterocycles. The molecule has 15 heavy (non-hydrogen) atoms. The Morgan fingerprint density at radius 1 is 1.33 bits per heavy atom. The average Bonchev–Trinajstić information content (AvgIpc) is 2.58. The van der Waals surface area contributed by atoms with E-state index in [1.54, 1.807) is 13.0 Å². The molecule has 1 heterocycles. The van der Waals surface area contributed by atoms with E-state index < -0.39 is 0 Å². The lowest BCUT2D eigenvalue weighted by Crippen LogP contribution is -1.89. The van der Waals surface area contributed by atoms with Gasteiger partial charge in [-0.25, -0.2) is 0 Å². The molecule has 0 aliphatic carbocycles. The lowest BCUT2D eigenvalue weighted by molar-refractivity contribution is 0.381. The first-order valence-corrected chi connectivity index (χ1v) is 4.73. The van der Waals surface area contributed by atoms with Crippen LogP contribution in [-0.2, 0) is 6.42 Å². The van der Waals surface area contributed by atoms with Crippen molar-refractivity contribution in [2.24, 2.45) is 0 Å². The summed E-state index contributed by atoms with van der Waals surface area (Å²) in [6, 6.07) is 5.53. The van der Waals surface area contributed by atoms with E-state index in [-0.39, 0.29) is 0 Å². The summed E-state index contributed by atoms with van der Waals surface area (Å²) in [4.78, 5) is 4.10. The molecule has 0 saturated heterocycles. The molecule has 0 unspecified atom stereocenters. The summed E-state index contributed by atoms with van der Waals surface area (Å²) in [7, 11) is 0. The molecule has 0 spiro atoms. The summed E-state index contributed by atoms with van der Waals surface area (Å²) in [5.41, 5.74) is 1.82. The minimum Gasteiger partial charge on any atom is -0.508 e. The zero-order valence-electron chi connectivity index (χ0n) is 8.69. The highest BCUT2D eigenvalue weighted by Crippen LogP contribution is 2.19. The van der Waals surface area contributed by atoms with Crippen LogP contribution in [0.15, 0.2) is 22.7 Å². The van der Waals surface area contributed by atoms with Crippen molar-refractivity contribution in [2.75, 3.05) is 0 Å². The largest absolute Gasteiger partial charge is 0.508 e. The van der Waals surface area contributed by atoms with E-state index in [4.69, 9.17) is 4.52 Å². The molecule has 0 fully saturated rings. The molecule has 1 aromatic carbocycles. The smallest absolute Gasteiger partial charge is 0.231 e. The zero-order valence-corrected chi connectivity index (χ0v) is 8.69. The number of hydrogen-bond donors (Lipinski definition) is 1. The number of nitrogens with zero attached hydrogens (tertiary/aromatic N) is 2. The molecule has 2 rings (SSSR count). The second-order valence-corrected chi connectivity index (χ2v) is 3.53. The number of rotatable bonds is 2. The van der Waals surface area contributed by atoms with Gasteiger partial charge in [0.1, 0.15) is 5.75 Å². The van der Waals surface area contributed by atoms with Gasteiger partial charge in [-0.1, -0.05) is 17.3 Å². The molecule has 0 amide bonds. The molecule has 0 bridgehead atoms. The summed E-state index contributed by atoms with van der Waals surface area (Å²) in [6.07, 6.45) is 0.550. The van der Waals surface area contributed by atoms with Gasteiger partial charge in [0.05, 0.1) is 6.42 Å². The van der Waals surface area contributed by atoms with Gasteiger partial charge in [-0.2, -0.15) is 4.98 Å². The molecule has 2 aromatic rings. The molecule has 0 atom stereocenters. The maximum Gasteiger partial charge on any atom is 0.231 e. The number of aromatic hydroxyl groups is 1. The van der Waals surface area contributed by atoms with E-state index in [2.05, 4.69) is 10.1 Å². The van der Waals surface area contributed by atoms with Crippen LogP contribution < -0.4 is 0 Å². The Kier molecular flexibility index (Phi) is 2.41. The van der Waals surface area contributed by atoms with Gasteiger partial charge in [0.25, 0.3) is 0 Å². The Bertz CT molecular complexity index is 477. The fourth-order valence-corrected chi connectivity index (χ4v) is 1.35. The number of hydrogen-bond acceptors (Lipinski definition) is 4. The predicted molar refractivity (Wildman–Crippen MR) is 54.7 cm³/mol. The Labute approximate surface area is 87.6 Å². The van der Waals surface area contributed by atoms with E-state index in [0.29, 0.717) is 23.9 Å². The van der Waals surface area contributed by atoms with Crippen LogP contribution >= 0.6 is 0 Å². The average molecular weight is 204 g/mol. The first kappa shape index (κ1) is 9.71. The number of phenolic OH excluding ortho intramolecular Hbond substituents is 1. The number of phenols is 1. The van der Waals surface area contributed by atoms with E-state index in [9.17, 15) is 5.11 Å². The van der Waals surface area contributed by atoms with Crippen molar-refractivity contribution >= 4 is 0 Å². The molecule has 4 nitrogen and oxygen atoms in total.